The molecule has 0 unspecified atom stereocenters. The average molecular weight is 370 g/mol. The van der Waals surface area contributed by atoms with Gasteiger partial charge >= 0.3 is 0 Å². The molecule has 3 heterocycles. The van der Waals surface area contributed by atoms with Gasteiger partial charge in [-0.1, -0.05) is 12.8 Å². The number of carbonyl (C=O) groups is 2. The summed E-state index contributed by atoms with van der Waals surface area (Å²) in [4.78, 5) is 38.4. The Morgan fingerprint density at radius 2 is 1.59 bits per heavy atom. The second kappa shape index (κ2) is 7.95. The molecule has 0 radical (unpaired) electrons. The minimum atomic E-state index is 0.0635. The molecule has 3 aliphatic rings. The summed E-state index contributed by atoms with van der Waals surface area (Å²) >= 11 is 0. The van der Waals surface area contributed by atoms with E-state index >= 15 is 0 Å². The topological polar surface area (TPSA) is 66.4 Å². The van der Waals surface area contributed by atoms with Crippen LogP contribution in [0.1, 0.15) is 79.2 Å². The van der Waals surface area contributed by atoms with Gasteiger partial charge in [0.05, 0.1) is 11.3 Å². The van der Waals surface area contributed by atoms with Crippen molar-refractivity contribution in [3.8, 4) is 0 Å². The lowest BCUT2D eigenvalue weighted by molar-refractivity contribution is -0.136. The van der Waals surface area contributed by atoms with Gasteiger partial charge in [-0.15, -0.1) is 0 Å². The van der Waals surface area contributed by atoms with Crippen molar-refractivity contribution in [1.82, 2.24) is 19.8 Å². The van der Waals surface area contributed by atoms with Crippen LogP contribution in [-0.4, -0.2) is 57.8 Å². The molecular formula is C21H30N4O2. The summed E-state index contributed by atoms with van der Waals surface area (Å²) in [5, 5.41) is 0. The van der Waals surface area contributed by atoms with Gasteiger partial charge in [0.25, 0.3) is 5.91 Å². The Kier molecular flexibility index (Phi) is 5.41. The Morgan fingerprint density at radius 3 is 2.22 bits per heavy atom. The normalized spacial score (nSPS) is 21.8. The van der Waals surface area contributed by atoms with Gasteiger partial charge in [-0.05, 0) is 45.4 Å². The van der Waals surface area contributed by atoms with Crippen molar-refractivity contribution in [2.45, 2.75) is 64.2 Å². The van der Waals surface area contributed by atoms with Crippen LogP contribution in [0.4, 0.5) is 0 Å². The maximum Gasteiger partial charge on any atom is 0.257 e. The minimum Gasteiger partial charge on any atom is -0.342 e. The van der Waals surface area contributed by atoms with Crippen LogP contribution in [0.5, 0.6) is 0 Å². The highest BCUT2D eigenvalue weighted by atomic mass is 16.2. The molecule has 6 nitrogen and oxygen atoms in total. The number of likely N-dealkylation sites (tertiary alicyclic amines) is 2. The Balaban J connectivity index is 1.37. The van der Waals surface area contributed by atoms with Crippen molar-refractivity contribution in [3.63, 3.8) is 0 Å². The highest BCUT2D eigenvalue weighted by Gasteiger charge is 2.31. The standard InChI is InChI=1S/C21H30N4O2/c1-15-18(21(27)24-10-4-5-11-24)14-22-19(23-15)16-8-12-25(13-9-16)20(26)17-6-2-3-7-17/h14,16-17H,2-13H2,1H3. The van der Waals surface area contributed by atoms with E-state index in [1.54, 1.807) is 6.20 Å². The van der Waals surface area contributed by atoms with Crippen LogP contribution in [0.15, 0.2) is 6.20 Å². The molecule has 1 aromatic rings. The SMILES string of the molecule is Cc1nc(C2CCN(C(=O)C3CCCC3)CC2)ncc1C(=O)N1CCCC1. The maximum absolute atomic E-state index is 12.6. The monoisotopic (exact) mass is 370 g/mol. The lowest BCUT2D eigenvalue weighted by atomic mass is 9.94. The molecule has 1 aromatic heterocycles. The molecule has 3 fully saturated rings. The third kappa shape index (κ3) is 3.85. The predicted molar refractivity (Wildman–Crippen MR) is 102 cm³/mol. The van der Waals surface area contributed by atoms with Crippen LogP contribution >= 0.6 is 0 Å². The highest BCUT2D eigenvalue weighted by molar-refractivity contribution is 5.95. The van der Waals surface area contributed by atoms with Crippen molar-refractivity contribution in [2.24, 2.45) is 5.92 Å². The smallest absolute Gasteiger partial charge is 0.257 e. The minimum absolute atomic E-state index is 0.0635. The van der Waals surface area contributed by atoms with Crippen molar-refractivity contribution in [1.29, 1.82) is 0 Å². The largest absolute Gasteiger partial charge is 0.342 e. The molecule has 2 saturated heterocycles. The van der Waals surface area contributed by atoms with Crippen LogP contribution in [0.2, 0.25) is 0 Å². The zero-order chi connectivity index (χ0) is 18.8. The van der Waals surface area contributed by atoms with Gasteiger partial charge in [0.1, 0.15) is 5.82 Å². The summed E-state index contributed by atoms with van der Waals surface area (Å²) in [5.41, 5.74) is 1.41. The Bertz CT molecular complexity index is 700. The second-order valence-electron chi connectivity index (χ2n) is 8.31. The number of aromatic nitrogens is 2. The number of rotatable bonds is 3. The fourth-order valence-electron chi connectivity index (χ4n) is 4.77. The summed E-state index contributed by atoms with van der Waals surface area (Å²) in [6.07, 6.45) is 10.2. The molecule has 4 rings (SSSR count). The van der Waals surface area contributed by atoms with Crippen LogP contribution in [-0.2, 0) is 4.79 Å². The van der Waals surface area contributed by atoms with Crippen LogP contribution in [0.3, 0.4) is 0 Å². The molecule has 0 N–H and O–H groups in total. The van der Waals surface area contributed by atoms with E-state index in [4.69, 9.17) is 0 Å². The number of carbonyl (C=O) groups excluding carboxylic acids is 2. The van der Waals surface area contributed by atoms with Gasteiger partial charge in [0.2, 0.25) is 5.91 Å². The highest BCUT2D eigenvalue weighted by Crippen LogP contribution is 2.31. The zero-order valence-electron chi connectivity index (χ0n) is 16.3. The van der Waals surface area contributed by atoms with Crippen molar-refractivity contribution in [2.75, 3.05) is 26.2 Å². The summed E-state index contributed by atoms with van der Waals surface area (Å²) in [6.45, 7) is 5.20. The molecule has 2 aliphatic heterocycles. The van der Waals surface area contributed by atoms with E-state index in [1.807, 2.05) is 16.7 Å². The Morgan fingerprint density at radius 1 is 0.926 bits per heavy atom. The van der Waals surface area contributed by atoms with Gasteiger partial charge in [-0.3, -0.25) is 9.59 Å². The van der Waals surface area contributed by atoms with Crippen molar-refractivity contribution >= 4 is 11.8 Å². The zero-order valence-corrected chi connectivity index (χ0v) is 16.3. The number of piperidine rings is 1. The molecule has 146 valence electrons. The summed E-state index contributed by atoms with van der Waals surface area (Å²) < 4.78 is 0. The number of hydrogen-bond acceptors (Lipinski definition) is 4. The number of amides is 2. The third-order valence-corrected chi connectivity index (χ3v) is 6.50. The van der Waals surface area contributed by atoms with Gasteiger partial charge in [0.15, 0.2) is 0 Å². The molecule has 0 bridgehead atoms. The van der Waals surface area contributed by atoms with E-state index in [0.717, 1.165) is 76.2 Å². The molecule has 1 aliphatic carbocycles. The summed E-state index contributed by atoms with van der Waals surface area (Å²) in [6, 6.07) is 0. The van der Waals surface area contributed by atoms with E-state index in [2.05, 4.69) is 9.97 Å². The fraction of sp³-hybridized carbons (Fsp3) is 0.714. The van der Waals surface area contributed by atoms with E-state index in [0.29, 0.717) is 11.5 Å². The van der Waals surface area contributed by atoms with Gasteiger partial charge in [0, 0.05) is 44.2 Å². The van der Waals surface area contributed by atoms with Crippen molar-refractivity contribution in [3.05, 3.63) is 23.3 Å². The predicted octanol–water partition coefficient (Wildman–Crippen LogP) is 2.92. The Labute approximate surface area is 161 Å². The quantitative estimate of drug-likeness (QED) is 0.820. The van der Waals surface area contributed by atoms with E-state index in [-0.39, 0.29) is 17.7 Å². The Hall–Kier alpha value is -1.98. The van der Waals surface area contributed by atoms with E-state index in [9.17, 15) is 9.59 Å². The third-order valence-electron chi connectivity index (χ3n) is 6.50. The molecule has 0 spiro atoms. The fourth-order valence-corrected chi connectivity index (χ4v) is 4.77. The maximum atomic E-state index is 12.6. The second-order valence-corrected chi connectivity index (χ2v) is 8.31. The molecule has 6 heteroatoms. The van der Waals surface area contributed by atoms with Crippen LogP contribution in [0, 0.1) is 12.8 Å². The molecule has 0 aromatic carbocycles. The van der Waals surface area contributed by atoms with Gasteiger partial charge < -0.3 is 9.80 Å². The molecule has 2 amide bonds. The summed E-state index contributed by atoms with van der Waals surface area (Å²) in [7, 11) is 0. The average Bonchev–Trinajstić information content (AvgIpc) is 3.41. The number of aryl methyl sites for hydroxylation is 1. The molecule has 1 saturated carbocycles. The number of hydrogen-bond donors (Lipinski definition) is 0. The van der Waals surface area contributed by atoms with Gasteiger partial charge in [-0.25, -0.2) is 9.97 Å². The van der Waals surface area contributed by atoms with E-state index < -0.39 is 0 Å². The van der Waals surface area contributed by atoms with E-state index in [1.165, 1.54) is 12.8 Å². The summed E-state index contributed by atoms with van der Waals surface area (Å²) in [5.74, 6) is 1.80. The first-order chi connectivity index (χ1) is 13.1. The first-order valence-electron chi connectivity index (χ1n) is 10.5. The number of nitrogens with zero attached hydrogens (tertiary/aromatic N) is 4. The lowest BCUT2D eigenvalue weighted by Gasteiger charge is -2.33. The lowest BCUT2D eigenvalue weighted by Crippen LogP contribution is -2.41. The van der Waals surface area contributed by atoms with Crippen molar-refractivity contribution < 1.29 is 9.59 Å². The first kappa shape index (κ1) is 18.4. The first-order valence-corrected chi connectivity index (χ1v) is 10.5. The van der Waals surface area contributed by atoms with Crippen LogP contribution < -0.4 is 0 Å². The molecule has 27 heavy (non-hydrogen) atoms. The molecule has 0 atom stereocenters. The van der Waals surface area contributed by atoms with Gasteiger partial charge in [-0.2, -0.15) is 0 Å². The molecular weight excluding hydrogens is 340 g/mol. The van der Waals surface area contributed by atoms with Crippen LogP contribution in [0.25, 0.3) is 0 Å².